The van der Waals surface area contributed by atoms with Gasteiger partial charge in [0.2, 0.25) is 0 Å². The Morgan fingerprint density at radius 2 is 1.63 bits per heavy atom. The van der Waals surface area contributed by atoms with Gasteiger partial charge in [-0.15, -0.1) is 0 Å². The molecule has 2 aliphatic heterocycles. The molecule has 1 saturated carbocycles. The minimum atomic E-state index is -0.389. The van der Waals surface area contributed by atoms with Crippen molar-refractivity contribution in [2.75, 3.05) is 0 Å². The molecule has 0 aromatic heterocycles. The maximum absolute atomic E-state index is 12.3. The van der Waals surface area contributed by atoms with E-state index in [1.807, 2.05) is 25.7 Å². The summed E-state index contributed by atoms with van der Waals surface area (Å²) in [5, 5.41) is 3.72. The summed E-state index contributed by atoms with van der Waals surface area (Å²) >= 11 is 0. The van der Waals surface area contributed by atoms with Crippen molar-refractivity contribution < 1.29 is 9.53 Å². The zero-order chi connectivity index (χ0) is 13.6. The minimum absolute atomic E-state index is 0.107. The summed E-state index contributed by atoms with van der Waals surface area (Å²) in [6.07, 6.45) is 7.06. The highest BCUT2D eigenvalue weighted by molar-refractivity contribution is 5.69. The second-order valence-electron chi connectivity index (χ2n) is 7.38. The number of nitrogens with one attached hydrogen (secondary N) is 1. The molecule has 19 heavy (non-hydrogen) atoms. The predicted octanol–water partition coefficient (Wildman–Crippen LogP) is 2.67. The molecule has 0 spiro atoms. The van der Waals surface area contributed by atoms with Crippen molar-refractivity contribution >= 4 is 6.09 Å². The molecule has 3 rings (SSSR count). The SMILES string of the molecule is CC(C)(C)OC(=O)N1C2CCC1CC(NC1CC1)C2. The number of nitrogens with zero attached hydrogens (tertiary/aromatic N) is 1. The Bertz CT molecular complexity index is 346. The van der Waals surface area contributed by atoms with Crippen molar-refractivity contribution in [3.63, 3.8) is 0 Å². The van der Waals surface area contributed by atoms with Gasteiger partial charge in [-0.25, -0.2) is 4.79 Å². The van der Waals surface area contributed by atoms with E-state index in [0.29, 0.717) is 18.1 Å². The molecule has 3 aliphatic rings. The first-order valence-corrected chi connectivity index (χ1v) is 7.70. The number of piperidine rings is 1. The maximum atomic E-state index is 12.3. The van der Waals surface area contributed by atoms with E-state index < -0.39 is 0 Å². The number of carbonyl (C=O) groups excluding carboxylic acids is 1. The molecule has 4 heteroatoms. The standard InChI is InChI=1S/C15H26N2O2/c1-15(2,3)19-14(18)17-12-6-7-13(17)9-11(8-12)16-10-4-5-10/h10-13,16H,4-9H2,1-3H3. The van der Waals surface area contributed by atoms with Gasteiger partial charge in [0.1, 0.15) is 5.60 Å². The van der Waals surface area contributed by atoms with E-state index in [9.17, 15) is 4.79 Å². The molecule has 0 radical (unpaired) electrons. The molecule has 0 aromatic carbocycles. The van der Waals surface area contributed by atoms with Crippen LogP contribution in [0.2, 0.25) is 0 Å². The Morgan fingerprint density at radius 3 is 2.11 bits per heavy atom. The zero-order valence-corrected chi connectivity index (χ0v) is 12.3. The van der Waals surface area contributed by atoms with E-state index in [2.05, 4.69) is 5.32 Å². The number of amides is 1. The van der Waals surface area contributed by atoms with Crippen LogP contribution in [-0.2, 0) is 4.74 Å². The summed E-state index contributed by atoms with van der Waals surface area (Å²) in [7, 11) is 0. The third kappa shape index (κ3) is 3.04. The monoisotopic (exact) mass is 266 g/mol. The van der Waals surface area contributed by atoms with Gasteiger partial charge >= 0.3 is 6.09 Å². The molecule has 2 atom stereocenters. The van der Waals surface area contributed by atoms with Crippen molar-refractivity contribution in [3.05, 3.63) is 0 Å². The lowest BCUT2D eigenvalue weighted by molar-refractivity contribution is 0.00468. The van der Waals surface area contributed by atoms with Crippen LogP contribution >= 0.6 is 0 Å². The first-order chi connectivity index (χ1) is 8.92. The fourth-order valence-corrected chi connectivity index (χ4v) is 3.51. The van der Waals surface area contributed by atoms with Gasteiger partial charge in [-0.05, 0) is 59.3 Å². The molecule has 0 aromatic rings. The molecule has 1 amide bonds. The number of hydrogen-bond acceptors (Lipinski definition) is 3. The van der Waals surface area contributed by atoms with Crippen LogP contribution in [0.4, 0.5) is 4.79 Å². The Hall–Kier alpha value is -0.770. The van der Waals surface area contributed by atoms with Crippen LogP contribution in [0.5, 0.6) is 0 Å². The summed E-state index contributed by atoms with van der Waals surface area (Å²) in [5.74, 6) is 0. The molecule has 4 nitrogen and oxygen atoms in total. The van der Waals surface area contributed by atoms with E-state index in [-0.39, 0.29) is 11.7 Å². The number of carbonyl (C=O) groups is 1. The highest BCUT2D eigenvalue weighted by Gasteiger charge is 2.45. The maximum Gasteiger partial charge on any atom is 0.410 e. The Morgan fingerprint density at radius 1 is 1.05 bits per heavy atom. The van der Waals surface area contributed by atoms with Gasteiger partial charge in [-0.2, -0.15) is 0 Å². The van der Waals surface area contributed by atoms with Crippen LogP contribution in [0.15, 0.2) is 0 Å². The van der Waals surface area contributed by atoms with Gasteiger partial charge in [0.25, 0.3) is 0 Å². The van der Waals surface area contributed by atoms with E-state index in [4.69, 9.17) is 4.74 Å². The van der Waals surface area contributed by atoms with Gasteiger partial charge in [0, 0.05) is 24.2 Å². The van der Waals surface area contributed by atoms with Crippen LogP contribution in [-0.4, -0.2) is 40.8 Å². The third-order valence-corrected chi connectivity index (χ3v) is 4.39. The molecule has 2 bridgehead atoms. The first-order valence-electron chi connectivity index (χ1n) is 7.70. The summed E-state index contributed by atoms with van der Waals surface area (Å²) < 4.78 is 5.55. The van der Waals surface area contributed by atoms with Crippen LogP contribution in [0.25, 0.3) is 0 Å². The number of rotatable bonds is 2. The van der Waals surface area contributed by atoms with E-state index >= 15 is 0 Å². The first kappa shape index (κ1) is 13.2. The molecule has 3 fully saturated rings. The Balaban J connectivity index is 1.60. The number of ether oxygens (including phenoxy) is 1. The normalized spacial score (nSPS) is 34.5. The van der Waals surface area contributed by atoms with E-state index in [0.717, 1.165) is 31.7 Å². The van der Waals surface area contributed by atoms with Gasteiger partial charge in [-0.3, -0.25) is 0 Å². The fourth-order valence-electron chi connectivity index (χ4n) is 3.51. The van der Waals surface area contributed by atoms with E-state index in [1.165, 1.54) is 12.8 Å². The van der Waals surface area contributed by atoms with Gasteiger partial charge in [-0.1, -0.05) is 0 Å². The Labute approximate surface area is 115 Å². The molecular weight excluding hydrogens is 240 g/mol. The van der Waals surface area contributed by atoms with Crippen molar-refractivity contribution in [2.24, 2.45) is 0 Å². The molecule has 2 heterocycles. The van der Waals surface area contributed by atoms with Crippen molar-refractivity contribution in [1.29, 1.82) is 0 Å². The highest BCUT2D eigenvalue weighted by atomic mass is 16.6. The molecule has 2 saturated heterocycles. The largest absolute Gasteiger partial charge is 0.444 e. The summed E-state index contributed by atoms with van der Waals surface area (Å²) in [5.41, 5.74) is -0.389. The van der Waals surface area contributed by atoms with Gasteiger partial charge < -0.3 is 15.0 Å². The average molecular weight is 266 g/mol. The van der Waals surface area contributed by atoms with Crippen LogP contribution in [0.1, 0.15) is 59.3 Å². The smallest absolute Gasteiger partial charge is 0.410 e. The molecule has 1 aliphatic carbocycles. The van der Waals surface area contributed by atoms with Crippen LogP contribution in [0.3, 0.4) is 0 Å². The van der Waals surface area contributed by atoms with Crippen LogP contribution < -0.4 is 5.32 Å². The lowest BCUT2D eigenvalue weighted by atomic mass is 9.97. The van der Waals surface area contributed by atoms with E-state index in [1.54, 1.807) is 0 Å². The fraction of sp³-hybridized carbons (Fsp3) is 0.933. The van der Waals surface area contributed by atoms with Crippen molar-refractivity contribution in [1.82, 2.24) is 10.2 Å². The molecule has 108 valence electrons. The number of hydrogen-bond donors (Lipinski definition) is 1. The Kier molecular flexibility index (Phi) is 3.24. The van der Waals surface area contributed by atoms with Crippen molar-refractivity contribution in [2.45, 2.75) is 89.1 Å². The second-order valence-corrected chi connectivity index (χ2v) is 7.38. The average Bonchev–Trinajstić information content (AvgIpc) is 3.02. The lowest BCUT2D eigenvalue weighted by Gasteiger charge is -2.39. The summed E-state index contributed by atoms with van der Waals surface area (Å²) in [4.78, 5) is 14.3. The lowest BCUT2D eigenvalue weighted by Crippen LogP contribution is -2.52. The summed E-state index contributed by atoms with van der Waals surface area (Å²) in [6.45, 7) is 5.82. The molecule has 1 N–H and O–H groups in total. The second kappa shape index (κ2) is 4.65. The summed E-state index contributed by atoms with van der Waals surface area (Å²) in [6, 6.07) is 2.16. The molecule has 2 unspecified atom stereocenters. The number of fused-ring (bicyclic) bond motifs is 2. The molecular formula is C15H26N2O2. The zero-order valence-electron chi connectivity index (χ0n) is 12.3. The van der Waals surface area contributed by atoms with Crippen LogP contribution in [0, 0.1) is 0 Å². The predicted molar refractivity (Wildman–Crippen MR) is 74.1 cm³/mol. The van der Waals surface area contributed by atoms with Gasteiger partial charge in [0.05, 0.1) is 0 Å². The minimum Gasteiger partial charge on any atom is -0.444 e. The highest BCUT2D eigenvalue weighted by Crippen LogP contribution is 2.37. The topological polar surface area (TPSA) is 41.6 Å². The third-order valence-electron chi connectivity index (χ3n) is 4.39. The quantitative estimate of drug-likeness (QED) is 0.835. The van der Waals surface area contributed by atoms with Gasteiger partial charge in [0.15, 0.2) is 0 Å². The van der Waals surface area contributed by atoms with Crippen molar-refractivity contribution in [3.8, 4) is 0 Å².